The number of thioether (sulfide) groups is 1. The van der Waals surface area contributed by atoms with Gasteiger partial charge in [0.25, 0.3) is 0 Å². The lowest BCUT2D eigenvalue weighted by Crippen LogP contribution is -2.35. The van der Waals surface area contributed by atoms with Gasteiger partial charge in [0, 0.05) is 17.9 Å². The van der Waals surface area contributed by atoms with Gasteiger partial charge in [-0.05, 0) is 24.6 Å². The van der Waals surface area contributed by atoms with Gasteiger partial charge in [0.2, 0.25) is 11.8 Å². The van der Waals surface area contributed by atoms with Gasteiger partial charge in [-0.25, -0.2) is 0 Å². The van der Waals surface area contributed by atoms with Gasteiger partial charge in [0.1, 0.15) is 0 Å². The molecule has 0 aromatic heterocycles. The van der Waals surface area contributed by atoms with Crippen LogP contribution in [0.3, 0.4) is 0 Å². The van der Waals surface area contributed by atoms with Crippen molar-refractivity contribution in [1.29, 1.82) is 0 Å². The Labute approximate surface area is 129 Å². The second-order valence-corrected chi connectivity index (χ2v) is 6.10. The summed E-state index contributed by atoms with van der Waals surface area (Å²) < 4.78 is 37.9. The van der Waals surface area contributed by atoms with Gasteiger partial charge >= 0.3 is 6.18 Å². The van der Waals surface area contributed by atoms with E-state index in [1.807, 2.05) is 6.92 Å². The number of fused-ring (bicyclic) bond motifs is 1. The molecule has 1 atom stereocenters. The van der Waals surface area contributed by atoms with Crippen molar-refractivity contribution < 1.29 is 22.8 Å². The van der Waals surface area contributed by atoms with Gasteiger partial charge in [-0.1, -0.05) is 6.92 Å². The molecule has 0 aliphatic carbocycles. The molecule has 0 radical (unpaired) electrons. The summed E-state index contributed by atoms with van der Waals surface area (Å²) in [5.74, 6) is -0.701. The minimum Gasteiger partial charge on any atom is -0.356 e. The Hall–Kier alpha value is -1.70. The van der Waals surface area contributed by atoms with Crippen LogP contribution in [0.1, 0.15) is 25.3 Å². The summed E-state index contributed by atoms with van der Waals surface area (Å²) in [6, 6.07) is 3.20. The van der Waals surface area contributed by atoms with Gasteiger partial charge in [-0.3, -0.25) is 9.59 Å². The lowest BCUT2D eigenvalue weighted by Gasteiger charge is -2.24. The van der Waals surface area contributed by atoms with Crippen molar-refractivity contribution in [1.82, 2.24) is 5.32 Å². The molecule has 22 heavy (non-hydrogen) atoms. The van der Waals surface area contributed by atoms with Gasteiger partial charge < -0.3 is 10.6 Å². The summed E-state index contributed by atoms with van der Waals surface area (Å²) >= 11 is 1.11. The van der Waals surface area contributed by atoms with Gasteiger partial charge in [-0.15, -0.1) is 11.8 Å². The van der Waals surface area contributed by atoms with Crippen molar-refractivity contribution >= 4 is 29.3 Å². The topological polar surface area (TPSA) is 58.2 Å². The third-order valence-electron chi connectivity index (χ3n) is 3.07. The lowest BCUT2D eigenvalue weighted by atomic mass is 10.1. The van der Waals surface area contributed by atoms with Crippen LogP contribution in [0.25, 0.3) is 0 Å². The first-order chi connectivity index (χ1) is 10.3. The van der Waals surface area contributed by atoms with E-state index >= 15 is 0 Å². The zero-order valence-corrected chi connectivity index (χ0v) is 12.6. The highest BCUT2D eigenvalue weighted by atomic mass is 32.2. The van der Waals surface area contributed by atoms with Crippen LogP contribution in [0.4, 0.5) is 18.9 Å². The van der Waals surface area contributed by atoms with E-state index in [1.54, 1.807) is 0 Å². The van der Waals surface area contributed by atoms with Crippen molar-refractivity contribution in [2.24, 2.45) is 0 Å². The van der Waals surface area contributed by atoms with E-state index in [1.165, 1.54) is 6.07 Å². The number of benzene rings is 1. The maximum absolute atomic E-state index is 12.6. The van der Waals surface area contributed by atoms with Crippen LogP contribution < -0.4 is 10.6 Å². The summed E-state index contributed by atoms with van der Waals surface area (Å²) in [6.45, 7) is 2.44. The highest BCUT2D eigenvalue weighted by Gasteiger charge is 2.34. The van der Waals surface area contributed by atoms with Gasteiger partial charge in [-0.2, -0.15) is 13.2 Å². The molecule has 0 bridgehead atoms. The maximum atomic E-state index is 12.6. The molecule has 2 N–H and O–H groups in total. The van der Waals surface area contributed by atoms with Crippen molar-refractivity contribution in [3.05, 3.63) is 23.8 Å². The normalized spacial score (nSPS) is 17.6. The number of carbonyl (C=O) groups is 2. The van der Waals surface area contributed by atoms with Crippen LogP contribution in [-0.2, 0) is 15.8 Å². The number of hydrogen-bond donors (Lipinski definition) is 2. The monoisotopic (exact) mass is 332 g/mol. The number of anilines is 1. The van der Waals surface area contributed by atoms with Crippen molar-refractivity contribution in [3.8, 4) is 0 Å². The quantitative estimate of drug-likeness (QED) is 0.891. The van der Waals surface area contributed by atoms with E-state index in [4.69, 9.17) is 0 Å². The van der Waals surface area contributed by atoms with E-state index in [0.717, 1.165) is 30.3 Å². The number of halogens is 3. The molecule has 0 fully saturated rings. The van der Waals surface area contributed by atoms with Crippen molar-refractivity contribution in [3.63, 3.8) is 0 Å². The average Bonchev–Trinajstić information content (AvgIpc) is 2.44. The molecular weight excluding hydrogens is 317 g/mol. The molecule has 1 aliphatic rings. The SMILES string of the molecule is CCCNC(=O)C[C@H]1Sc2ccc(C(F)(F)F)cc2NC1=O. The second kappa shape index (κ2) is 6.60. The summed E-state index contributed by atoms with van der Waals surface area (Å²) in [4.78, 5) is 24.1. The molecule has 1 heterocycles. The molecule has 120 valence electrons. The largest absolute Gasteiger partial charge is 0.416 e. The number of alkyl halides is 3. The predicted molar refractivity (Wildman–Crippen MR) is 77.6 cm³/mol. The Balaban J connectivity index is 2.10. The predicted octanol–water partition coefficient (Wildman–Crippen LogP) is 3.03. The van der Waals surface area contributed by atoms with Crippen LogP contribution in [0.2, 0.25) is 0 Å². The number of rotatable bonds is 4. The Bertz CT molecular complexity index is 590. The molecule has 2 rings (SSSR count). The smallest absolute Gasteiger partial charge is 0.356 e. The number of carbonyl (C=O) groups excluding carboxylic acids is 2. The molecule has 0 unspecified atom stereocenters. The highest BCUT2D eigenvalue weighted by molar-refractivity contribution is 8.01. The van der Waals surface area contributed by atoms with Crippen LogP contribution in [0, 0.1) is 0 Å². The molecule has 0 saturated heterocycles. The van der Waals surface area contributed by atoms with Crippen molar-refractivity contribution in [2.45, 2.75) is 36.1 Å². The van der Waals surface area contributed by atoms with Crippen LogP contribution >= 0.6 is 11.8 Å². The van der Waals surface area contributed by atoms with Crippen LogP contribution in [0.5, 0.6) is 0 Å². The van der Waals surface area contributed by atoms with E-state index in [0.29, 0.717) is 11.4 Å². The lowest BCUT2D eigenvalue weighted by molar-refractivity contribution is -0.137. The second-order valence-electron chi connectivity index (χ2n) is 4.86. The molecule has 2 amide bonds. The molecule has 8 heteroatoms. The summed E-state index contributed by atoms with van der Waals surface area (Å²) in [6.07, 6.45) is -3.67. The average molecular weight is 332 g/mol. The molecule has 1 aromatic carbocycles. The Morgan fingerprint density at radius 1 is 1.41 bits per heavy atom. The van der Waals surface area contributed by atoms with Crippen molar-refractivity contribution in [2.75, 3.05) is 11.9 Å². The first-order valence-electron chi connectivity index (χ1n) is 6.76. The summed E-state index contributed by atoms with van der Waals surface area (Å²) in [5, 5.41) is 4.48. The maximum Gasteiger partial charge on any atom is 0.416 e. The van der Waals surface area contributed by atoms with E-state index in [9.17, 15) is 22.8 Å². The zero-order valence-electron chi connectivity index (χ0n) is 11.8. The Kier molecular flexibility index (Phi) is 5.00. The molecular formula is C14H15F3N2O2S. The third kappa shape index (κ3) is 3.94. The minimum absolute atomic E-state index is 0.00301. The fourth-order valence-corrected chi connectivity index (χ4v) is 3.06. The van der Waals surface area contributed by atoms with E-state index in [2.05, 4.69) is 10.6 Å². The standard InChI is InChI=1S/C14H15F3N2O2S/c1-2-5-18-12(20)7-11-13(21)19-9-6-8(14(15,16)17)3-4-10(9)22-11/h3-4,6,11H,2,5,7H2,1H3,(H,18,20)(H,19,21)/t11-/m1/s1. The van der Waals surface area contributed by atoms with E-state index in [-0.39, 0.29) is 18.0 Å². The minimum atomic E-state index is -4.46. The third-order valence-corrected chi connectivity index (χ3v) is 4.34. The van der Waals surface area contributed by atoms with E-state index < -0.39 is 22.9 Å². The van der Waals surface area contributed by atoms with Gasteiger partial charge in [0.15, 0.2) is 0 Å². The molecule has 1 aliphatic heterocycles. The fourth-order valence-electron chi connectivity index (χ4n) is 1.97. The zero-order chi connectivity index (χ0) is 16.3. The number of nitrogens with one attached hydrogen (secondary N) is 2. The molecule has 1 aromatic rings. The number of amides is 2. The number of hydrogen-bond acceptors (Lipinski definition) is 3. The fraction of sp³-hybridized carbons (Fsp3) is 0.429. The van der Waals surface area contributed by atoms with Crippen LogP contribution in [0.15, 0.2) is 23.1 Å². The van der Waals surface area contributed by atoms with Gasteiger partial charge in [0.05, 0.1) is 16.5 Å². The van der Waals surface area contributed by atoms with Crippen LogP contribution in [-0.4, -0.2) is 23.6 Å². The summed E-state index contributed by atoms with van der Waals surface area (Å²) in [5.41, 5.74) is -0.679. The first kappa shape index (κ1) is 16.7. The highest BCUT2D eigenvalue weighted by Crippen LogP contribution is 2.40. The molecule has 0 saturated carbocycles. The Morgan fingerprint density at radius 3 is 2.77 bits per heavy atom. The Morgan fingerprint density at radius 2 is 2.14 bits per heavy atom. The first-order valence-corrected chi connectivity index (χ1v) is 7.64. The molecule has 4 nitrogen and oxygen atoms in total. The summed E-state index contributed by atoms with van der Waals surface area (Å²) in [7, 11) is 0. The molecule has 0 spiro atoms.